The van der Waals surface area contributed by atoms with E-state index >= 15 is 0 Å². The Hall–Kier alpha value is -2.53. The Balaban J connectivity index is 1.54. The van der Waals surface area contributed by atoms with Crippen molar-refractivity contribution in [1.29, 1.82) is 0 Å². The Morgan fingerprint density at radius 2 is 1.96 bits per heavy atom. The number of carbonyl (C=O) groups is 2. The van der Waals surface area contributed by atoms with Crippen molar-refractivity contribution in [2.45, 2.75) is 37.5 Å². The molecule has 0 aliphatic carbocycles. The molecule has 2 saturated heterocycles. The highest BCUT2D eigenvalue weighted by atomic mass is 19.4. The van der Waals surface area contributed by atoms with Crippen molar-refractivity contribution in [3.05, 3.63) is 29.8 Å². The maximum atomic E-state index is 12.8. The molecule has 8 nitrogen and oxygen atoms in total. The number of nitrogens with one attached hydrogen (secondary N) is 3. The fourth-order valence-electron chi connectivity index (χ4n) is 3.12. The summed E-state index contributed by atoms with van der Waals surface area (Å²) in [4.78, 5) is 23.7. The number of ether oxygens (including phenoxy) is 3. The number of rotatable bonds is 4. The third-order valence-electron chi connectivity index (χ3n) is 4.35. The quantitative estimate of drug-likeness (QED) is 0.716. The highest BCUT2D eigenvalue weighted by Gasteiger charge is 2.50. The van der Waals surface area contributed by atoms with Crippen LogP contribution < -0.4 is 16.0 Å². The van der Waals surface area contributed by atoms with Crippen molar-refractivity contribution in [3.8, 4) is 0 Å². The zero-order chi connectivity index (χ0) is 20.3. The molecule has 2 fully saturated rings. The lowest BCUT2D eigenvalue weighted by Gasteiger charge is -2.18. The molecule has 28 heavy (non-hydrogen) atoms. The second-order valence-corrected chi connectivity index (χ2v) is 6.35. The van der Waals surface area contributed by atoms with Crippen molar-refractivity contribution in [1.82, 2.24) is 10.6 Å². The van der Waals surface area contributed by atoms with Crippen LogP contribution in [0.4, 0.5) is 28.4 Å². The Kier molecular flexibility index (Phi) is 5.94. The first-order chi connectivity index (χ1) is 13.3. The van der Waals surface area contributed by atoms with Crippen LogP contribution in [0.2, 0.25) is 0 Å². The smallest absolute Gasteiger partial charge is 0.416 e. The first-order valence-electron chi connectivity index (χ1n) is 8.70. The van der Waals surface area contributed by atoms with Gasteiger partial charge in [0.05, 0.1) is 24.8 Å². The molecule has 0 unspecified atom stereocenters. The molecule has 3 N–H and O–H groups in total. The molecule has 0 aromatic heterocycles. The molecule has 1 aromatic rings. The molecule has 0 bridgehead atoms. The van der Waals surface area contributed by atoms with Gasteiger partial charge in [0.2, 0.25) is 0 Å². The van der Waals surface area contributed by atoms with Gasteiger partial charge in [-0.05, 0) is 25.1 Å². The van der Waals surface area contributed by atoms with Gasteiger partial charge in [0.15, 0.2) is 6.10 Å². The molecule has 2 aliphatic heterocycles. The SMILES string of the molecule is CCNC(=O)O[C@@H]1CO[C@H]2[C@@H]1OC[C@@H]2NC(=O)Nc1cccc(C(F)(F)F)c1. The van der Waals surface area contributed by atoms with Crippen molar-refractivity contribution in [2.24, 2.45) is 0 Å². The van der Waals surface area contributed by atoms with Gasteiger partial charge in [-0.3, -0.25) is 0 Å². The number of benzene rings is 1. The maximum absolute atomic E-state index is 12.8. The second kappa shape index (κ2) is 8.23. The molecule has 1 aromatic carbocycles. The zero-order valence-electron chi connectivity index (χ0n) is 14.9. The van der Waals surface area contributed by atoms with E-state index in [0.717, 1.165) is 12.1 Å². The molecule has 2 aliphatic rings. The number of hydrogen-bond donors (Lipinski definition) is 3. The van der Waals surface area contributed by atoms with E-state index in [4.69, 9.17) is 14.2 Å². The van der Waals surface area contributed by atoms with Crippen LogP contribution in [0.25, 0.3) is 0 Å². The van der Waals surface area contributed by atoms with Crippen molar-refractivity contribution < 1.29 is 37.0 Å². The molecule has 0 spiro atoms. The number of carbonyl (C=O) groups excluding carboxylic acids is 2. The first-order valence-corrected chi connectivity index (χ1v) is 8.70. The van der Waals surface area contributed by atoms with E-state index in [9.17, 15) is 22.8 Å². The number of fused-ring (bicyclic) bond motifs is 1. The number of urea groups is 1. The minimum atomic E-state index is -4.50. The summed E-state index contributed by atoms with van der Waals surface area (Å²) in [6.07, 6.45) is -6.74. The second-order valence-electron chi connectivity index (χ2n) is 6.35. The van der Waals surface area contributed by atoms with Crippen LogP contribution in [0.3, 0.4) is 0 Å². The van der Waals surface area contributed by atoms with Gasteiger partial charge in [0, 0.05) is 12.2 Å². The minimum absolute atomic E-state index is 0.00702. The normalized spacial score (nSPS) is 26.4. The monoisotopic (exact) mass is 403 g/mol. The highest BCUT2D eigenvalue weighted by molar-refractivity contribution is 5.89. The third kappa shape index (κ3) is 4.65. The Labute approximate surface area is 158 Å². The number of hydrogen-bond acceptors (Lipinski definition) is 5. The van der Waals surface area contributed by atoms with Crippen LogP contribution in [0, 0.1) is 0 Å². The fraction of sp³-hybridized carbons (Fsp3) is 0.529. The Morgan fingerprint density at radius 3 is 2.68 bits per heavy atom. The van der Waals surface area contributed by atoms with Crippen LogP contribution >= 0.6 is 0 Å². The molecule has 2 heterocycles. The summed E-state index contributed by atoms with van der Waals surface area (Å²) in [5.74, 6) is 0. The Bertz CT molecular complexity index is 730. The van der Waals surface area contributed by atoms with E-state index in [0.29, 0.717) is 6.54 Å². The van der Waals surface area contributed by atoms with E-state index < -0.39 is 48.2 Å². The van der Waals surface area contributed by atoms with Gasteiger partial charge in [0.1, 0.15) is 12.2 Å². The number of alkyl carbamates (subject to hydrolysis) is 1. The van der Waals surface area contributed by atoms with Gasteiger partial charge in [-0.2, -0.15) is 13.2 Å². The lowest BCUT2D eigenvalue weighted by molar-refractivity contribution is -0.137. The summed E-state index contributed by atoms with van der Waals surface area (Å²) in [5, 5.41) is 7.49. The van der Waals surface area contributed by atoms with E-state index in [2.05, 4.69) is 16.0 Å². The van der Waals surface area contributed by atoms with Crippen LogP contribution in [0.15, 0.2) is 24.3 Å². The summed E-state index contributed by atoms with van der Waals surface area (Å²) in [6, 6.07) is 3.10. The standard InChI is InChI=1S/C17H20F3N3O5/c1-2-21-16(25)28-12-8-27-13-11(7-26-14(12)13)23-15(24)22-10-5-3-4-9(6-10)17(18,19)20/h3-6,11-14H,2,7-8H2,1H3,(H,21,25)(H2,22,23,24)/t11-,12+,13+,14+/m0/s1. The van der Waals surface area contributed by atoms with Crippen molar-refractivity contribution in [2.75, 3.05) is 25.1 Å². The van der Waals surface area contributed by atoms with Crippen molar-refractivity contribution >= 4 is 17.8 Å². The van der Waals surface area contributed by atoms with Gasteiger partial charge in [-0.25, -0.2) is 9.59 Å². The van der Waals surface area contributed by atoms with E-state index in [1.165, 1.54) is 12.1 Å². The zero-order valence-corrected chi connectivity index (χ0v) is 14.9. The van der Waals surface area contributed by atoms with Gasteiger partial charge in [0.25, 0.3) is 0 Å². The lowest BCUT2D eigenvalue weighted by Crippen LogP contribution is -2.46. The molecule has 154 valence electrons. The Morgan fingerprint density at radius 1 is 1.21 bits per heavy atom. The van der Waals surface area contributed by atoms with E-state index in [-0.39, 0.29) is 18.9 Å². The summed E-state index contributed by atoms with van der Waals surface area (Å²) >= 11 is 0. The molecule has 0 saturated carbocycles. The average Bonchev–Trinajstić information content (AvgIpc) is 3.18. The summed E-state index contributed by atoms with van der Waals surface area (Å²) < 4.78 is 54.6. The van der Waals surface area contributed by atoms with Gasteiger partial charge < -0.3 is 30.2 Å². The van der Waals surface area contributed by atoms with E-state index in [1.807, 2.05) is 0 Å². The van der Waals surface area contributed by atoms with Crippen LogP contribution in [0.5, 0.6) is 0 Å². The predicted molar refractivity (Wildman–Crippen MR) is 90.8 cm³/mol. The average molecular weight is 403 g/mol. The maximum Gasteiger partial charge on any atom is 0.416 e. The lowest BCUT2D eigenvalue weighted by atomic mass is 10.1. The largest absolute Gasteiger partial charge is 0.441 e. The number of anilines is 1. The summed E-state index contributed by atoms with van der Waals surface area (Å²) in [7, 11) is 0. The predicted octanol–water partition coefficient (Wildman–Crippen LogP) is 2.11. The van der Waals surface area contributed by atoms with E-state index in [1.54, 1.807) is 6.92 Å². The van der Waals surface area contributed by atoms with Crippen LogP contribution in [0.1, 0.15) is 12.5 Å². The topological polar surface area (TPSA) is 97.9 Å². The first kappa shape index (κ1) is 20.2. The minimum Gasteiger partial charge on any atom is -0.441 e. The molecule has 4 atom stereocenters. The fourth-order valence-corrected chi connectivity index (χ4v) is 3.12. The van der Waals surface area contributed by atoms with Crippen LogP contribution in [-0.2, 0) is 20.4 Å². The van der Waals surface area contributed by atoms with Gasteiger partial charge in [-0.1, -0.05) is 6.07 Å². The van der Waals surface area contributed by atoms with Gasteiger partial charge >= 0.3 is 18.3 Å². The summed E-state index contributed by atoms with van der Waals surface area (Å²) in [6.45, 7) is 2.42. The van der Waals surface area contributed by atoms with Crippen LogP contribution in [-0.4, -0.2) is 56.2 Å². The molecule has 3 rings (SSSR count). The van der Waals surface area contributed by atoms with Gasteiger partial charge in [-0.15, -0.1) is 0 Å². The molecular weight excluding hydrogens is 383 g/mol. The highest BCUT2D eigenvalue weighted by Crippen LogP contribution is 2.31. The number of alkyl halides is 3. The molecule has 11 heteroatoms. The summed E-state index contributed by atoms with van der Waals surface area (Å²) in [5.41, 5.74) is -0.855. The number of halogens is 3. The number of amides is 3. The molecule has 3 amide bonds. The van der Waals surface area contributed by atoms with Crippen molar-refractivity contribution in [3.63, 3.8) is 0 Å². The molecule has 0 radical (unpaired) electrons. The third-order valence-corrected chi connectivity index (χ3v) is 4.35. The molecular formula is C17H20F3N3O5.